The zero-order chi connectivity index (χ0) is 16.7. The monoisotopic (exact) mass is 306 g/mol. The lowest BCUT2D eigenvalue weighted by molar-refractivity contribution is -0.122. The van der Waals surface area contributed by atoms with Gasteiger partial charge in [0.1, 0.15) is 0 Å². The number of benzene rings is 3. The van der Waals surface area contributed by atoms with Crippen LogP contribution in [0, 0.1) is 0 Å². The summed E-state index contributed by atoms with van der Waals surface area (Å²) < 4.78 is 0. The topological polar surface area (TPSA) is 89.3 Å². The second-order valence-electron chi connectivity index (χ2n) is 4.93. The van der Waals surface area contributed by atoms with Crippen LogP contribution in [0.15, 0.2) is 72.8 Å². The molecular weight excluding hydrogens is 288 g/mol. The Labute approximate surface area is 135 Å². The first-order chi connectivity index (χ1) is 11.1. The van der Waals surface area contributed by atoms with Crippen molar-refractivity contribution in [1.82, 2.24) is 0 Å². The van der Waals surface area contributed by atoms with Crippen molar-refractivity contribution < 1.29 is 9.90 Å². The third-order valence-electron chi connectivity index (χ3n) is 3.35. The molecule has 0 aliphatic carbocycles. The van der Waals surface area contributed by atoms with E-state index in [1.165, 1.54) is 11.1 Å². The van der Waals surface area contributed by atoms with E-state index in [1.54, 1.807) is 0 Å². The minimum atomic E-state index is -0.250. The van der Waals surface area contributed by atoms with Crippen LogP contribution in [-0.4, -0.2) is 11.6 Å². The maximum absolute atomic E-state index is 8.36. The van der Waals surface area contributed by atoms with Crippen molar-refractivity contribution in [3.8, 4) is 22.3 Å². The van der Waals surface area contributed by atoms with Crippen molar-refractivity contribution in [2.75, 3.05) is 11.5 Å². The molecule has 0 aromatic heterocycles. The molecule has 0 saturated heterocycles. The number of nitrogen functional groups attached to an aromatic ring is 2. The molecule has 0 fully saturated rings. The molecule has 4 nitrogen and oxygen atoms in total. The van der Waals surface area contributed by atoms with Crippen molar-refractivity contribution in [3.63, 3.8) is 0 Å². The fourth-order valence-corrected chi connectivity index (χ4v) is 2.23. The average Bonchev–Trinajstić information content (AvgIpc) is 2.57. The van der Waals surface area contributed by atoms with Gasteiger partial charge in [-0.25, -0.2) is 0 Å². The van der Waals surface area contributed by atoms with Gasteiger partial charge in [-0.1, -0.05) is 42.5 Å². The lowest BCUT2D eigenvalue weighted by Crippen LogP contribution is -1.86. The zero-order valence-corrected chi connectivity index (χ0v) is 12.5. The number of carbonyl (C=O) groups is 1. The number of nitrogens with two attached hydrogens (primary N) is 2. The molecule has 0 heterocycles. The fourth-order valence-electron chi connectivity index (χ4n) is 2.23. The first-order valence-corrected chi connectivity index (χ1v) is 7.04. The van der Waals surface area contributed by atoms with E-state index in [2.05, 4.69) is 24.3 Å². The van der Waals surface area contributed by atoms with Gasteiger partial charge < -0.3 is 16.6 Å². The Kier molecular flexibility index (Phi) is 5.36. The summed E-state index contributed by atoms with van der Waals surface area (Å²) in [6.07, 6.45) is 0. The molecule has 5 N–H and O–H groups in total. The normalized spacial score (nSPS) is 9.57. The van der Waals surface area contributed by atoms with Gasteiger partial charge in [0, 0.05) is 11.4 Å². The van der Waals surface area contributed by atoms with Crippen LogP contribution < -0.4 is 11.5 Å². The van der Waals surface area contributed by atoms with Crippen LogP contribution in [0.25, 0.3) is 22.3 Å². The molecule has 0 unspecified atom stereocenters. The van der Waals surface area contributed by atoms with Gasteiger partial charge in [0.25, 0.3) is 6.47 Å². The fraction of sp³-hybridized carbons (Fsp3) is 0. The standard InChI is InChI=1S/C18H16N2.CH2O2/c19-17-8-4-13(5-9-17)15-2-1-3-16(12-15)14-6-10-18(20)11-7-14;2-1-3/h1-12H,19-20H2;1H,(H,2,3). The summed E-state index contributed by atoms with van der Waals surface area (Å²) in [6.45, 7) is -0.250. The first-order valence-electron chi connectivity index (χ1n) is 7.04. The molecule has 116 valence electrons. The maximum atomic E-state index is 8.36. The highest BCUT2D eigenvalue weighted by atomic mass is 16.3. The molecule has 3 rings (SSSR count). The highest BCUT2D eigenvalue weighted by Gasteiger charge is 2.01. The molecule has 0 radical (unpaired) electrons. The quantitative estimate of drug-likeness (QED) is 0.495. The van der Waals surface area contributed by atoms with Crippen LogP contribution >= 0.6 is 0 Å². The van der Waals surface area contributed by atoms with Crippen LogP contribution in [0.5, 0.6) is 0 Å². The van der Waals surface area contributed by atoms with Gasteiger partial charge in [0.2, 0.25) is 0 Å². The van der Waals surface area contributed by atoms with Crippen LogP contribution in [0.2, 0.25) is 0 Å². The molecule has 0 saturated carbocycles. The molecule has 3 aromatic carbocycles. The Bertz CT molecular complexity index is 705. The van der Waals surface area contributed by atoms with Crippen LogP contribution in [0.3, 0.4) is 0 Å². The van der Waals surface area contributed by atoms with E-state index < -0.39 is 0 Å². The summed E-state index contributed by atoms with van der Waals surface area (Å²) in [6, 6.07) is 24.3. The molecule has 0 aliphatic heterocycles. The Morgan fingerprint density at radius 2 is 1.00 bits per heavy atom. The number of hydrogen-bond acceptors (Lipinski definition) is 3. The second kappa shape index (κ2) is 7.66. The lowest BCUT2D eigenvalue weighted by Gasteiger charge is -2.07. The van der Waals surface area contributed by atoms with E-state index in [0.717, 1.165) is 22.5 Å². The third-order valence-corrected chi connectivity index (χ3v) is 3.35. The molecule has 3 aromatic rings. The average molecular weight is 306 g/mol. The van der Waals surface area contributed by atoms with Gasteiger partial charge >= 0.3 is 0 Å². The summed E-state index contributed by atoms with van der Waals surface area (Å²) in [5.74, 6) is 0. The highest BCUT2D eigenvalue weighted by molar-refractivity contribution is 5.74. The molecule has 0 bridgehead atoms. The van der Waals surface area contributed by atoms with Crippen molar-refractivity contribution in [2.24, 2.45) is 0 Å². The largest absolute Gasteiger partial charge is 0.483 e. The van der Waals surface area contributed by atoms with Crippen molar-refractivity contribution in [2.45, 2.75) is 0 Å². The number of rotatable bonds is 2. The molecular formula is C19H18N2O2. The molecule has 23 heavy (non-hydrogen) atoms. The van der Waals surface area contributed by atoms with E-state index >= 15 is 0 Å². The van der Waals surface area contributed by atoms with Crippen molar-refractivity contribution in [1.29, 1.82) is 0 Å². The maximum Gasteiger partial charge on any atom is 0.290 e. The number of carboxylic acid groups (broad SMARTS) is 1. The molecule has 0 spiro atoms. The van der Waals surface area contributed by atoms with Crippen LogP contribution in [-0.2, 0) is 4.79 Å². The van der Waals surface area contributed by atoms with E-state index in [1.807, 2.05) is 48.5 Å². The first kappa shape index (κ1) is 16.1. The predicted molar refractivity (Wildman–Crippen MR) is 94.8 cm³/mol. The molecule has 0 atom stereocenters. The zero-order valence-electron chi connectivity index (χ0n) is 12.5. The molecule has 4 heteroatoms. The van der Waals surface area contributed by atoms with Crippen LogP contribution in [0.4, 0.5) is 11.4 Å². The summed E-state index contributed by atoms with van der Waals surface area (Å²) in [7, 11) is 0. The minimum Gasteiger partial charge on any atom is -0.483 e. The van der Waals surface area contributed by atoms with Gasteiger partial charge in [-0.2, -0.15) is 0 Å². The number of hydrogen-bond donors (Lipinski definition) is 3. The van der Waals surface area contributed by atoms with Crippen molar-refractivity contribution in [3.05, 3.63) is 72.8 Å². The highest BCUT2D eigenvalue weighted by Crippen LogP contribution is 2.27. The number of anilines is 2. The second-order valence-corrected chi connectivity index (χ2v) is 4.93. The Hall–Kier alpha value is -3.27. The van der Waals surface area contributed by atoms with Crippen molar-refractivity contribution >= 4 is 17.8 Å². The van der Waals surface area contributed by atoms with E-state index in [4.69, 9.17) is 21.4 Å². The summed E-state index contributed by atoms with van der Waals surface area (Å²) in [5, 5.41) is 6.89. The third kappa shape index (κ3) is 4.35. The van der Waals surface area contributed by atoms with Gasteiger partial charge in [0.05, 0.1) is 0 Å². The molecule has 0 aliphatic rings. The van der Waals surface area contributed by atoms with E-state index in [-0.39, 0.29) is 6.47 Å². The minimum absolute atomic E-state index is 0.250. The summed E-state index contributed by atoms with van der Waals surface area (Å²) in [4.78, 5) is 8.36. The van der Waals surface area contributed by atoms with Gasteiger partial charge in [-0.3, -0.25) is 4.79 Å². The van der Waals surface area contributed by atoms with E-state index in [9.17, 15) is 0 Å². The molecule has 0 amide bonds. The van der Waals surface area contributed by atoms with Gasteiger partial charge in [-0.15, -0.1) is 0 Å². The van der Waals surface area contributed by atoms with E-state index in [0.29, 0.717) is 0 Å². The predicted octanol–water partition coefficient (Wildman–Crippen LogP) is 3.89. The summed E-state index contributed by atoms with van der Waals surface area (Å²) >= 11 is 0. The smallest absolute Gasteiger partial charge is 0.290 e. The Morgan fingerprint density at radius 3 is 1.35 bits per heavy atom. The Balaban J connectivity index is 0.000000595. The van der Waals surface area contributed by atoms with Gasteiger partial charge in [-0.05, 0) is 52.6 Å². The van der Waals surface area contributed by atoms with Gasteiger partial charge in [0.15, 0.2) is 0 Å². The van der Waals surface area contributed by atoms with Crippen LogP contribution in [0.1, 0.15) is 0 Å². The Morgan fingerprint density at radius 1 is 0.652 bits per heavy atom. The summed E-state index contributed by atoms with van der Waals surface area (Å²) in [5.41, 5.74) is 17.7. The lowest BCUT2D eigenvalue weighted by atomic mass is 9.99. The SMILES string of the molecule is Nc1ccc(-c2cccc(-c3ccc(N)cc3)c2)cc1.O=CO.